The van der Waals surface area contributed by atoms with Crippen molar-refractivity contribution >= 4 is 5.97 Å². The molecule has 1 aromatic carbocycles. The Kier molecular flexibility index (Phi) is 4.80. The van der Waals surface area contributed by atoms with Crippen molar-refractivity contribution in [1.29, 1.82) is 0 Å². The van der Waals surface area contributed by atoms with Gasteiger partial charge >= 0.3 is 5.97 Å². The lowest BCUT2D eigenvalue weighted by atomic mass is 9.75. The molecular formula is C15H21NO3. The van der Waals surface area contributed by atoms with Crippen LogP contribution in [0.4, 0.5) is 0 Å². The van der Waals surface area contributed by atoms with Crippen LogP contribution in [0.2, 0.25) is 0 Å². The molecule has 0 unspecified atom stereocenters. The first-order chi connectivity index (χ1) is 9.23. The van der Waals surface area contributed by atoms with E-state index < -0.39 is 11.4 Å². The number of nitrogens with one attached hydrogen (secondary N) is 1. The Bertz CT molecular complexity index is 399. The maximum Gasteiger partial charge on any atom is 0.309 e. The van der Waals surface area contributed by atoms with Gasteiger partial charge in [0.15, 0.2) is 0 Å². The van der Waals surface area contributed by atoms with E-state index in [1.54, 1.807) is 0 Å². The first-order valence-electron chi connectivity index (χ1n) is 6.85. The van der Waals surface area contributed by atoms with E-state index in [4.69, 9.17) is 4.74 Å². The van der Waals surface area contributed by atoms with E-state index in [1.807, 2.05) is 30.3 Å². The minimum absolute atomic E-state index is 0.550. The van der Waals surface area contributed by atoms with Crippen molar-refractivity contribution in [2.45, 2.75) is 25.7 Å². The first kappa shape index (κ1) is 13.9. The maximum absolute atomic E-state index is 11.5. The molecule has 0 bridgehead atoms. The van der Waals surface area contributed by atoms with Crippen LogP contribution >= 0.6 is 0 Å². The summed E-state index contributed by atoms with van der Waals surface area (Å²) in [5.74, 6) is 0.186. The van der Waals surface area contributed by atoms with Crippen LogP contribution in [0.5, 0.6) is 5.75 Å². The second-order valence-electron chi connectivity index (χ2n) is 5.10. The number of rotatable bonds is 6. The van der Waals surface area contributed by atoms with Gasteiger partial charge in [-0.05, 0) is 50.9 Å². The lowest BCUT2D eigenvalue weighted by Gasteiger charge is -2.33. The average molecular weight is 263 g/mol. The minimum Gasteiger partial charge on any atom is -0.494 e. The molecule has 1 aliphatic rings. The normalized spacial score (nSPS) is 17.9. The van der Waals surface area contributed by atoms with Crippen LogP contribution in [0.25, 0.3) is 0 Å². The zero-order valence-corrected chi connectivity index (χ0v) is 11.1. The summed E-state index contributed by atoms with van der Waals surface area (Å²) in [6, 6.07) is 9.64. The summed E-state index contributed by atoms with van der Waals surface area (Å²) in [5.41, 5.74) is -0.550. The second-order valence-corrected chi connectivity index (χ2v) is 5.10. The maximum atomic E-state index is 11.5. The van der Waals surface area contributed by atoms with Crippen molar-refractivity contribution in [2.24, 2.45) is 5.41 Å². The lowest BCUT2D eigenvalue weighted by molar-refractivity contribution is -0.151. The molecule has 1 saturated heterocycles. The highest BCUT2D eigenvalue weighted by Crippen LogP contribution is 2.34. The van der Waals surface area contributed by atoms with Gasteiger partial charge in [0.1, 0.15) is 5.75 Å². The van der Waals surface area contributed by atoms with Gasteiger partial charge in [-0.3, -0.25) is 4.79 Å². The fourth-order valence-corrected chi connectivity index (χ4v) is 2.59. The van der Waals surface area contributed by atoms with E-state index >= 15 is 0 Å². The molecule has 0 atom stereocenters. The van der Waals surface area contributed by atoms with Gasteiger partial charge in [-0.1, -0.05) is 18.2 Å². The predicted octanol–water partition coefficient (Wildman–Crippen LogP) is 2.30. The van der Waals surface area contributed by atoms with Crippen molar-refractivity contribution in [3.8, 4) is 5.75 Å². The second kappa shape index (κ2) is 6.57. The molecule has 0 aromatic heterocycles. The van der Waals surface area contributed by atoms with E-state index in [0.717, 1.165) is 25.3 Å². The topological polar surface area (TPSA) is 58.6 Å². The summed E-state index contributed by atoms with van der Waals surface area (Å²) in [7, 11) is 0. The molecule has 1 heterocycles. The standard InChI is InChI=1S/C15H21NO3/c17-14(18)15(8-10-16-11-9-15)7-4-12-19-13-5-2-1-3-6-13/h1-3,5-6,16H,4,7-12H2,(H,17,18). The molecule has 2 N–H and O–H groups in total. The van der Waals surface area contributed by atoms with E-state index in [-0.39, 0.29) is 0 Å². The molecule has 0 amide bonds. The van der Waals surface area contributed by atoms with Gasteiger partial charge in [0.2, 0.25) is 0 Å². The Hall–Kier alpha value is -1.55. The van der Waals surface area contributed by atoms with E-state index in [0.29, 0.717) is 25.9 Å². The quantitative estimate of drug-likeness (QED) is 0.773. The number of hydrogen-bond donors (Lipinski definition) is 2. The van der Waals surface area contributed by atoms with Crippen LogP contribution < -0.4 is 10.1 Å². The Morgan fingerprint density at radius 2 is 1.95 bits per heavy atom. The number of benzene rings is 1. The van der Waals surface area contributed by atoms with E-state index in [1.165, 1.54) is 0 Å². The van der Waals surface area contributed by atoms with E-state index in [2.05, 4.69) is 5.32 Å². The summed E-state index contributed by atoms with van der Waals surface area (Å²) in [4.78, 5) is 11.5. The van der Waals surface area contributed by atoms with Gasteiger partial charge in [-0.2, -0.15) is 0 Å². The number of para-hydroxylation sites is 1. The lowest BCUT2D eigenvalue weighted by Crippen LogP contribution is -2.42. The average Bonchev–Trinajstić information content (AvgIpc) is 2.46. The van der Waals surface area contributed by atoms with Gasteiger partial charge in [0, 0.05) is 0 Å². The summed E-state index contributed by atoms with van der Waals surface area (Å²) in [6.07, 6.45) is 2.90. The van der Waals surface area contributed by atoms with Gasteiger partial charge < -0.3 is 15.2 Å². The Balaban J connectivity index is 1.78. The molecule has 4 nitrogen and oxygen atoms in total. The third kappa shape index (κ3) is 3.70. The summed E-state index contributed by atoms with van der Waals surface area (Å²) in [5, 5.41) is 12.7. The van der Waals surface area contributed by atoms with Crippen molar-refractivity contribution < 1.29 is 14.6 Å². The smallest absolute Gasteiger partial charge is 0.309 e. The van der Waals surface area contributed by atoms with Crippen LogP contribution in [0.3, 0.4) is 0 Å². The van der Waals surface area contributed by atoms with Gasteiger partial charge in [-0.25, -0.2) is 0 Å². The summed E-state index contributed by atoms with van der Waals surface area (Å²) < 4.78 is 5.61. The first-order valence-corrected chi connectivity index (χ1v) is 6.85. The molecule has 1 aliphatic heterocycles. The van der Waals surface area contributed by atoms with E-state index in [9.17, 15) is 9.90 Å². The number of carboxylic acids is 1. The third-order valence-electron chi connectivity index (χ3n) is 3.83. The minimum atomic E-state index is -0.659. The van der Waals surface area contributed by atoms with Crippen molar-refractivity contribution in [3.63, 3.8) is 0 Å². The number of carboxylic acid groups (broad SMARTS) is 1. The molecule has 0 aliphatic carbocycles. The molecule has 4 heteroatoms. The highest BCUT2D eigenvalue weighted by atomic mass is 16.5. The predicted molar refractivity (Wildman–Crippen MR) is 73.3 cm³/mol. The molecular weight excluding hydrogens is 242 g/mol. The van der Waals surface area contributed by atoms with Crippen LogP contribution in [0.15, 0.2) is 30.3 Å². The zero-order valence-electron chi connectivity index (χ0n) is 11.1. The zero-order chi connectivity index (χ0) is 13.6. The Morgan fingerprint density at radius 1 is 1.26 bits per heavy atom. The van der Waals surface area contributed by atoms with Crippen LogP contribution in [0, 0.1) is 5.41 Å². The number of piperidine rings is 1. The fraction of sp³-hybridized carbons (Fsp3) is 0.533. The molecule has 2 rings (SSSR count). The highest BCUT2D eigenvalue weighted by Gasteiger charge is 2.38. The van der Waals surface area contributed by atoms with Gasteiger partial charge in [-0.15, -0.1) is 0 Å². The van der Waals surface area contributed by atoms with Crippen LogP contribution in [-0.4, -0.2) is 30.8 Å². The molecule has 0 saturated carbocycles. The van der Waals surface area contributed by atoms with Crippen LogP contribution in [0.1, 0.15) is 25.7 Å². The van der Waals surface area contributed by atoms with Gasteiger partial charge in [0.25, 0.3) is 0 Å². The Labute approximate surface area is 113 Å². The number of hydrogen-bond acceptors (Lipinski definition) is 3. The van der Waals surface area contributed by atoms with Crippen molar-refractivity contribution in [3.05, 3.63) is 30.3 Å². The molecule has 0 spiro atoms. The fourth-order valence-electron chi connectivity index (χ4n) is 2.59. The largest absolute Gasteiger partial charge is 0.494 e. The molecule has 104 valence electrons. The van der Waals surface area contributed by atoms with Crippen LogP contribution in [-0.2, 0) is 4.79 Å². The monoisotopic (exact) mass is 263 g/mol. The molecule has 0 radical (unpaired) electrons. The molecule has 1 fully saturated rings. The molecule has 19 heavy (non-hydrogen) atoms. The molecule has 1 aromatic rings. The number of aliphatic carboxylic acids is 1. The third-order valence-corrected chi connectivity index (χ3v) is 3.83. The SMILES string of the molecule is O=C(O)C1(CCCOc2ccccc2)CCNCC1. The summed E-state index contributed by atoms with van der Waals surface area (Å²) >= 11 is 0. The Morgan fingerprint density at radius 3 is 2.58 bits per heavy atom. The number of carbonyl (C=O) groups is 1. The number of ether oxygens (including phenoxy) is 1. The van der Waals surface area contributed by atoms with Gasteiger partial charge in [0.05, 0.1) is 12.0 Å². The van der Waals surface area contributed by atoms with Crippen molar-refractivity contribution in [1.82, 2.24) is 5.32 Å². The van der Waals surface area contributed by atoms with Crippen molar-refractivity contribution in [2.75, 3.05) is 19.7 Å². The summed E-state index contributed by atoms with van der Waals surface area (Å²) in [6.45, 7) is 2.17. The highest BCUT2D eigenvalue weighted by molar-refractivity contribution is 5.74.